The highest BCUT2D eigenvalue weighted by Gasteiger charge is 2.10. The minimum atomic E-state index is -0.956. The Kier molecular flexibility index (Phi) is 47.0. The molecule has 0 radical (unpaired) electrons. The molecule has 0 N–H and O–H groups in total. The molecule has 0 aliphatic rings. The third-order valence-corrected chi connectivity index (χ3v) is 12.6. The van der Waals surface area contributed by atoms with Crippen LogP contribution >= 0.6 is 12.6 Å². The fourth-order valence-electron chi connectivity index (χ4n) is 7.26. The third-order valence-electron chi connectivity index (χ3n) is 11.0. The molecule has 0 bridgehead atoms. The molecule has 0 aliphatic heterocycles. The Balaban J connectivity index is 3.90. The summed E-state index contributed by atoms with van der Waals surface area (Å²) in [6, 6.07) is 0. The van der Waals surface area contributed by atoms with Crippen LogP contribution in [-0.4, -0.2) is 35.3 Å². The van der Waals surface area contributed by atoms with Gasteiger partial charge in [0.1, 0.15) is 6.29 Å². The van der Waals surface area contributed by atoms with Gasteiger partial charge in [0.15, 0.2) is 0 Å². The fourth-order valence-corrected chi connectivity index (χ4v) is 8.28. The van der Waals surface area contributed by atoms with E-state index < -0.39 is 10.0 Å². The fraction of sp³-hybridized carbons (Fsp3) is 1.00. The van der Waals surface area contributed by atoms with Gasteiger partial charge in [-0.15, -0.1) is 0 Å². The van der Waals surface area contributed by atoms with Crippen molar-refractivity contribution in [2.45, 2.75) is 271 Å². The van der Waals surface area contributed by atoms with Crippen LogP contribution in [-0.2, 0) is 13.6 Å². The molecule has 0 aromatic heterocycles. The predicted octanol–water partition coefficient (Wildman–Crippen LogP) is 15.8. The van der Waals surface area contributed by atoms with E-state index in [4.69, 9.17) is 13.6 Å². The van der Waals surface area contributed by atoms with Gasteiger partial charge in [0, 0.05) is 13.2 Å². The standard InChI is InChI=1S/C46H96O3SSi/c1-4-6-8-10-12-14-16-17-20-23-27-31-35-39-43-48-51-49-46(47-42-38-34-30-26-15-13-11-9-7-5-2)41-37-33-29-25-22-19-18-21-24-28-32-36-40-45(3)44-50/h45-46,50H,4-44,51H2,1-3H3. The molecule has 0 aromatic carbocycles. The summed E-state index contributed by atoms with van der Waals surface area (Å²) in [5.41, 5.74) is 0. The average Bonchev–Trinajstić information content (AvgIpc) is 3.14. The second-order valence-electron chi connectivity index (χ2n) is 16.4. The first kappa shape index (κ1) is 51.4. The van der Waals surface area contributed by atoms with Gasteiger partial charge in [0.2, 0.25) is 0 Å². The summed E-state index contributed by atoms with van der Waals surface area (Å²) in [5.74, 6) is 1.83. The molecule has 0 saturated heterocycles. The van der Waals surface area contributed by atoms with E-state index in [2.05, 4.69) is 33.4 Å². The largest absolute Gasteiger partial charge is 0.399 e. The van der Waals surface area contributed by atoms with E-state index in [1.165, 1.54) is 238 Å². The summed E-state index contributed by atoms with van der Waals surface area (Å²) >= 11 is 4.41. The lowest BCUT2D eigenvalue weighted by Gasteiger charge is -2.19. The monoisotopic (exact) mass is 757 g/mol. The SMILES string of the molecule is CCCCCCCCCCCCCCCCO[SiH2]OC(CCCCCCCCCCCCCCC(C)CS)OCCCCCCCCCCCC. The Morgan fingerprint density at radius 1 is 0.392 bits per heavy atom. The summed E-state index contributed by atoms with van der Waals surface area (Å²) in [7, 11) is -0.956. The average molecular weight is 757 g/mol. The zero-order valence-corrected chi connectivity index (χ0v) is 37.8. The lowest BCUT2D eigenvalue weighted by atomic mass is 10.0. The smallest absolute Gasteiger partial charge is 0.306 e. The highest BCUT2D eigenvalue weighted by Crippen LogP contribution is 2.17. The van der Waals surface area contributed by atoms with E-state index in [0.29, 0.717) is 0 Å². The highest BCUT2D eigenvalue weighted by molar-refractivity contribution is 7.80. The minimum Gasteiger partial charge on any atom is -0.399 e. The molecular weight excluding hydrogens is 661 g/mol. The normalized spacial score (nSPS) is 13.2. The van der Waals surface area contributed by atoms with Crippen LogP contribution in [0.15, 0.2) is 0 Å². The summed E-state index contributed by atoms with van der Waals surface area (Å²) < 4.78 is 18.6. The molecule has 0 spiro atoms. The van der Waals surface area contributed by atoms with Crippen molar-refractivity contribution in [1.82, 2.24) is 0 Å². The maximum atomic E-state index is 6.30. The number of hydrogen-bond donors (Lipinski definition) is 1. The Bertz CT molecular complexity index is 609. The first-order valence-corrected chi connectivity index (χ1v) is 25.4. The molecule has 308 valence electrons. The van der Waals surface area contributed by atoms with Gasteiger partial charge in [-0.25, -0.2) is 0 Å². The molecule has 2 unspecified atom stereocenters. The molecule has 0 amide bonds. The van der Waals surface area contributed by atoms with Crippen molar-refractivity contribution in [2.24, 2.45) is 5.92 Å². The van der Waals surface area contributed by atoms with Crippen molar-refractivity contribution in [2.75, 3.05) is 19.0 Å². The predicted molar refractivity (Wildman–Crippen MR) is 235 cm³/mol. The first-order chi connectivity index (χ1) is 25.2. The van der Waals surface area contributed by atoms with Crippen LogP contribution in [0.25, 0.3) is 0 Å². The van der Waals surface area contributed by atoms with Crippen LogP contribution in [0.5, 0.6) is 0 Å². The van der Waals surface area contributed by atoms with Crippen molar-refractivity contribution < 1.29 is 13.6 Å². The minimum absolute atomic E-state index is 0.0346. The number of ether oxygens (including phenoxy) is 1. The lowest BCUT2D eigenvalue weighted by molar-refractivity contribution is -0.0945. The Labute approximate surface area is 330 Å². The summed E-state index contributed by atoms with van der Waals surface area (Å²) in [4.78, 5) is 0. The molecular formula is C46H96O3SSi. The molecule has 0 fully saturated rings. The molecule has 5 heteroatoms. The van der Waals surface area contributed by atoms with Gasteiger partial charge >= 0.3 is 10.0 Å². The van der Waals surface area contributed by atoms with E-state index in [1.807, 2.05) is 0 Å². The van der Waals surface area contributed by atoms with Crippen molar-refractivity contribution in [3.05, 3.63) is 0 Å². The van der Waals surface area contributed by atoms with Crippen LogP contribution in [0.3, 0.4) is 0 Å². The van der Waals surface area contributed by atoms with Gasteiger partial charge in [-0.1, -0.05) is 233 Å². The van der Waals surface area contributed by atoms with Gasteiger partial charge in [0.25, 0.3) is 0 Å². The van der Waals surface area contributed by atoms with E-state index in [0.717, 1.165) is 31.3 Å². The lowest BCUT2D eigenvalue weighted by Crippen LogP contribution is -2.22. The van der Waals surface area contributed by atoms with Crippen LogP contribution in [0.4, 0.5) is 0 Å². The van der Waals surface area contributed by atoms with Crippen LogP contribution in [0, 0.1) is 5.92 Å². The van der Waals surface area contributed by atoms with Crippen LogP contribution in [0.1, 0.15) is 265 Å². The first-order valence-electron chi connectivity index (χ1n) is 23.7. The van der Waals surface area contributed by atoms with E-state index in [9.17, 15) is 0 Å². The van der Waals surface area contributed by atoms with Crippen molar-refractivity contribution in [3.63, 3.8) is 0 Å². The molecule has 0 saturated carbocycles. The topological polar surface area (TPSA) is 27.7 Å². The Hall–Kier alpha value is 0.447. The highest BCUT2D eigenvalue weighted by atomic mass is 32.1. The molecule has 0 rings (SSSR count). The molecule has 3 nitrogen and oxygen atoms in total. The van der Waals surface area contributed by atoms with Crippen LogP contribution < -0.4 is 0 Å². The third kappa shape index (κ3) is 44.7. The molecule has 2 atom stereocenters. The van der Waals surface area contributed by atoms with Crippen molar-refractivity contribution >= 4 is 22.6 Å². The number of thiol groups is 1. The maximum Gasteiger partial charge on any atom is 0.306 e. The van der Waals surface area contributed by atoms with Crippen LogP contribution in [0.2, 0.25) is 0 Å². The van der Waals surface area contributed by atoms with Gasteiger partial charge < -0.3 is 13.6 Å². The Morgan fingerprint density at radius 3 is 1.08 bits per heavy atom. The molecule has 51 heavy (non-hydrogen) atoms. The maximum absolute atomic E-state index is 6.30. The summed E-state index contributed by atoms with van der Waals surface area (Å²) in [5, 5.41) is 0. The Morgan fingerprint density at radius 2 is 0.706 bits per heavy atom. The van der Waals surface area contributed by atoms with Gasteiger partial charge in [-0.05, 0) is 43.8 Å². The van der Waals surface area contributed by atoms with Gasteiger partial charge in [-0.3, -0.25) is 0 Å². The van der Waals surface area contributed by atoms with Crippen molar-refractivity contribution in [3.8, 4) is 0 Å². The van der Waals surface area contributed by atoms with Gasteiger partial charge in [0.05, 0.1) is 0 Å². The molecule has 0 aromatic rings. The zero-order valence-electron chi connectivity index (χ0n) is 35.5. The summed E-state index contributed by atoms with van der Waals surface area (Å²) in [6.45, 7) is 8.66. The van der Waals surface area contributed by atoms with E-state index >= 15 is 0 Å². The number of unbranched alkanes of at least 4 members (excludes halogenated alkanes) is 33. The quantitative estimate of drug-likeness (QED) is 0.0290. The van der Waals surface area contributed by atoms with E-state index in [1.54, 1.807) is 0 Å². The zero-order chi connectivity index (χ0) is 37.0. The molecule has 0 aliphatic carbocycles. The number of rotatable bonds is 46. The van der Waals surface area contributed by atoms with Crippen molar-refractivity contribution in [1.29, 1.82) is 0 Å². The summed E-state index contributed by atoms with van der Waals surface area (Å²) in [6.07, 6.45) is 52.3. The molecule has 0 heterocycles. The number of hydrogen-bond acceptors (Lipinski definition) is 4. The van der Waals surface area contributed by atoms with Gasteiger partial charge in [-0.2, -0.15) is 12.6 Å². The van der Waals surface area contributed by atoms with E-state index in [-0.39, 0.29) is 6.29 Å². The second-order valence-corrected chi connectivity index (χ2v) is 17.7. The second kappa shape index (κ2) is 46.6.